The molecule has 5 nitrogen and oxygen atoms in total. The van der Waals surface area contributed by atoms with Gasteiger partial charge >= 0.3 is 5.97 Å². The average Bonchev–Trinajstić information content (AvgIpc) is 2.28. The molecule has 0 aliphatic heterocycles. The normalized spacial score (nSPS) is 9.21. The van der Waals surface area contributed by atoms with Crippen LogP contribution < -0.4 is 5.73 Å². The van der Waals surface area contributed by atoms with Gasteiger partial charge in [-0.15, -0.1) is 11.6 Å². The summed E-state index contributed by atoms with van der Waals surface area (Å²) in [4.78, 5) is 30.4. The second kappa shape index (κ2) is 8.74. The first kappa shape index (κ1) is 17.7. The topological polar surface area (TPSA) is 97.5 Å². The summed E-state index contributed by atoms with van der Waals surface area (Å²) in [6.45, 7) is 0. The number of primary amides is 1. The third kappa shape index (κ3) is 7.66. The molecule has 3 N–H and O–H groups in total. The van der Waals surface area contributed by atoms with E-state index in [0.717, 1.165) is 0 Å². The molecule has 0 radical (unpaired) electrons. The fourth-order valence-corrected chi connectivity index (χ4v) is 1.50. The van der Waals surface area contributed by atoms with Crippen LogP contribution in [0.25, 0.3) is 0 Å². The molecule has 0 saturated heterocycles. The highest BCUT2D eigenvalue weighted by Crippen LogP contribution is 2.20. The molecular formula is C11H10Cl3NO4. The lowest BCUT2D eigenvalue weighted by molar-refractivity contribution is -0.139. The first-order valence-electron chi connectivity index (χ1n) is 4.82. The van der Waals surface area contributed by atoms with Gasteiger partial charge in [0.05, 0.1) is 16.5 Å². The lowest BCUT2D eigenvalue weighted by atomic mass is 10.2. The summed E-state index contributed by atoms with van der Waals surface area (Å²) in [6, 6.07) is 4.53. The fraction of sp³-hybridized carbons (Fsp3) is 0.182. The maximum atomic E-state index is 10.6. The highest BCUT2D eigenvalue weighted by Gasteiger charge is 2.05. The lowest BCUT2D eigenvalue weighted by Crippen LogP contribution is -2.11. The SMILES string of the molecule is NC(=O)c1ccc(Cl)cc1Cl.O=C(O)CC(=O)CCl. The molecule has 0 atom stereocenters. The van der Waals surface area contributed by atoms with Crippen LogP contribution in [0.15, 0.2) is 18.2 Å². The van der Waals surface area contributed by atoms with Crippen LogP contribution in [0.5, 0.6) is 0 Å². The molecule has 0 aliphatic carbocycles. The van der Waals surface area contributed by atoms with Gasteiger partial charge in [0.15, 0.2) is 5.78 Å². The van der Waals surface area contributed by atoms with Crippen molar-refractivity contribution in [3.05, 3.63) is 33.8 Å². The van der Waals surface area contributed by atoms with Crippen molar-refractivity contribution in [3.8, 4) is 0 Å². The van der Waals surface area contributed by atoms with Gasteiger partial charge in [-0.3, -0.25) is 14.4 Å². The predicted octanol–water partition coefficient (Wildman–Crippen LogP) is 2.36. The maximum Gasteiger partial charge on any atom is 0.310 e. The number of rotatable bonds is 4. The number of hydrogen-bond acceptors (Lipinski definition) is 3. The van der Waals surface area contributed by atoms with E-state index in [-0.39, 0.29) is 16.5 Å². The monoisotopic (exact) mass is 325 g/mol. The first-order valence-corrected chi connectivity index (χ1v) is 6.11. The van der Waals surface area contributed by atoms with Crippen LogP contribution in [0.3, 0.4) is 0 Å². The molecule has 0 aromatic heterocycles. The van der Waals surface area contributed by atoms with Crippen molar-refractivity contribution < 1.29 is 19.5 Å². The van der Waals surface area contributed by atoms with Crippen molar-refractivity contribution in [1.82, 2.24) is 0 Å². The number of aliphatic carboxylic acids is 1. The van der Waals surface area contributed by atoms with Crippen molar-refractivity contribution in [1.29, 1.82) is 0 Å². The lowest BCUT2D eigenvalue weighted by Gasteiger charge is -1.97. The standard InChI is InChI=1S/C7H5Cl2NO.C4H5ClO3/c8-4-1-2-5(7(10)11)6(9)3-4;5-2-3(6)1-4(7)8/h1-3H,(H2,10,11);1-2H2,(H,7,8). The van der Waals surface area contributed by atoms with E-state index in [1.54, 1.807) is 6.07 Å². The average molecular weight is 327 g/mol. The fourth-order valence-electron chi connectivity index (χ4n) is 0.905. The third-order valence-electron chi connectivity index (χ3n) is 1.69. The third-order valence-corrected chi connectivity index (χ3v) is 2.54. The van der Waals surface area contributed by atoms with Crippen LogP contribution in [-0.2, 0) is 9.59 Å². The Labute approximate surface area is 124 Å². The summed E-state index contributed by atoms with van der Waals surface area (Å²) < 4.78 is 0. The Morgan fingerprint density at radius 1 is 1.21 bits per heavy atom. The van der Waals surface area contributed by atoms with Crippen molar-refractivity contribution >= 4 is 52.5 Å². The number of benzene rings is 1. The number of carbonyl (C=O) groups excluding carboxylic acids is 2. The minimum atomic E-state index is -1.13. The van der Waals surface area contributed by atoms with Gasteiger partial charge in [0.25, 0.3) is 0 Å². The molecule has 0 aliphatic rings. The van der Waals surface area contributed by atoms with E-state index < -0.39 is 24.1 Å². The van der Waals surface area contributed by atoms with Crippen molar-refractivity contribution in [2.75, 3.05) is 5.88 Å². The van der Waals surface area contributed by atoms with Crippen molar-refractivity contribution in [2.24, 2.45) is 5.73 Å². The zero-order valence-electron chi connectivity index (χ0n) is 9.53. The summed E-state index contributed by atoms with van der Waals surface area (Å²) in [7, 11) is 0. The molecule has 19 heavy (non-hydrogen) atoms. The van der Waals surface area contributed by atoms with Crippen LogP contribution in [0.1, 0.15) is 16.8 Å². The maximum absolute atomic E-state index is 10.6. The Hall–Kier alpha value is -1.30. The number of alkyl halides is 1. The molecule has 8 heteroatoms. The van der Waals surface area contributed by atoms with E-state index in [1.807, 2.05) is 0 Å². The highest BCUT2D eigenvalue weighted by molar-refractivity contribution is 6.36. The van der Waals surface area contributed by atoms with Gasteiger partial charge in [-0.05, 0) is 18.2 Å². The molecule has 104 valence electrons. The minimum absolute atomic E-state index is 0.216. The molecule has 0 fully saturated rings. The molecule has 1 aromatic rings. The van der Waals surface area contributed by atoms with Gasteiger partial charge < -0.3 is 10.8 Å². The molecule has 1 aromatic carbocycles. The van der Waals surface area contributed by atoms with Crippen LogP contribution in [0.4, 0.5) is 0 Å². The zero-order valence-corrected chi connectivity index (χ0v) is 11.8. The molecule has 1 rings (SSSR count). The van der Waals surface area contributed by atoms with Crippen LogP contribution in [0, 0.1) is 0 Å². The minimum Gasteiger partial charge on any atom is -0.481 e. The number of nitrogens with two attached hydrogens (primary N) is 1. The van der Waals surface area contributed by atoms with Gasteiger partial charge in [-0.2, -0.15) is 0 Å². The smallest absolute Gasteiger partial charge is 0.310 e. The van der Waals surface area contributed by atoms with Gasteiger partial charge in [0.2, 0.25) is 5.91 Å². The molecule has 0 bridgehead atoms. The molecule has 1 amide bonds. The van der Waals surface area contributed by atoms with Gasteiger partial charge in [0.1, 0.15) is 6.42 Å². The molecule has 0 spiro atoms. The number of carboxylic acid groups (broad SMARTS) is 1. The number of hydrogen-bond donors (Lipinski definition) is 2. The van der Waals surface area contributed by atoms with Crippen molar-refractivity contribution in [2.45, 2.75) is 6.42 Å². The second-order valence-electron chi connectivity index (χ2n) is 3.23. The number of carbonyl (C=O) groups is 3. The molecule has 0 unspecified atom stereocenters. The second-order valence-corrected chi connectivity index (χ2v) is 4.34. The highest BCUT2D eigenvalue weighted by atomic mass is 35.5. The van der Waals surface area contributed by atoms with Crippen molar-refractivity contribution in [3.63, 3.8) is 0 Å². The number of carboxylic acids is 1. The predicted molar refractivity (Wildman–Crippen MR) is 73.0 cm³/mol. The van der Waals surface area contributed by atoms with E-state index in [9.17, 15) is 14.4 Å². The van der Waals surface area contributed by atoms with Crippen LogP contribution >= 0.6 is 34.8 Å². The Morgan fingerprint density at radius 2 is 1.79 bits per heavy atom. The summed E-state index contributed by atoms with van der Waals surface area (Å²) in [5, 5.41) is 8.70. The van der Waals surface area contributed by atoms with E-state index in [0.29, 0.717) is 5.02 Å². The van der Waals surface area contributed by atoms with Gasteiger partial charge in [-0.1, -0.05) is 23.2 Å². The Balaban J connectivity index is 0.000000362. The Kier molecular flexibility index (Phi) is 8.14. The number of Topliss-reactive ketones (excluding diaryl/α,β-unsaturated/α-hetero) is 1. The van der Waals surface area contributed by atoms with Gasteiger partial charge in [-0.25, -0.2) is 0 Å². The van der Waals surface area contributed by atoms with Crippen LogP contribution in [0.2, 0.25) is 10.0 Å². The van der Waals surface area contributed by atoms with E-state index in [2.05, 4.69) is 0 Å². The quantitative estimate of drug-likeness (QED) is 0.655. The molecular weight excluding hydrogens is 316 g/mol. The number of ketones is 1. The summed E-state index contributed by atoms with van der Waals surface area (Å²) in [6.07, 6.45) is -0.469. The number of amides is 1. The summed E-state index contributed by atoms with van der Waals surface area (Å²) in [5.41, 5.74) is 5.29. The van der Waals surface area contributed by atoms with Crippen LogP contribution in [-0.4, -0.2) is 28.6 Å². The molecule has 0 saturated carbocycles. The number of halogens is 3. The largest absolute Gasteiger partial charge is 0.481 e. The summed E-state index contributed by atoms with van der Waals surface area (Å²) >= 11 is 16.2. The Morgan fingerprint density at radius 3 is 2.11 bits per heavy atom. The van der Waals surface area contributed by atoms with E-state index >= 15 is 0 Å². The first-order chi connectivity index (χ1) is 8.77. The summed E-state index contributed by atoms with van der Waals surface area (Å²) in [5.74, 6) is -2.35. The zero-order chi connectivity index (χ0) is 15.0. The van der Waals surface area contributed by atoms with E-state index in [4.69, 9.17) is 45.6 Å². The van der Waals surface area contributed by atoms with Gasteiger partial charge in [0, 0.05) is 5.02 Å². The molecule has 0 heterocycles. The van der Waals surface area contributed by atoms with E-state index in [1.165, 1.54) is 12.1 Å². The Bertz CT molecular complexity index is 491.